The molecule has 31 heavy (non-hydrogen) atoms. The molecule has 160 valence electrons. The van der Waals surface area contributed by atoms with E-state index in [1.165, 1.54) is 0 Å². The smallest absolute Gasteiger partial charge is 0.138 e. The molecule has 9 heteroatoms. The number of hydrogen-bond acceptors (Lipinski definition) is 3. The first-order valence-corrected chi connectivity index (χ1v) is 11.0. The average molecular weight is 496 g/mol. The molecule has 0 bridgehead atoms. The van der Waals surface area contributed by atoms with E-state index in [2.05, 4.69) is 10.1 Å². The van der Waals surface area contributed by atoms with Crippen molar-refractivity contribution in [3.05, 3.63) is 98.2 Å². The summed E-state index contributed by atoms with van der Waals surface area (Å²) < 4.78 is 9.89. The van der Waals surface area contributed by atoms with Crippen LogP contribution in [0.5, 0.6) is 0 Å². The Bertz CT molecular complexity index is 1190. The number of aromatic nitrogens is 4. The summed E-state index contributed by atoms with van der Waals surface area (Å²) in [5, 5.41) is 6.75. The quantitative estimate of drug-likeness (QED) is 0.278. The summed E-state index contributed by atoms with van der Waals surface area (Å²) in [6.45, 7) is 2.68. The van der Waals surface area contributed by atoms with Crippen molar-refractivity contribution < 1.29 is 4.74 Å². The van der Waals surface area contributed by atoms with Crippen LogP contribution in [0.25, 0.3) is 5.69 Å². The molecule has 0 amide bonds. The number of hydrogen-bond donors (Lipinski definition) is 0. The van der Waals surface area contributed by atoms with Crippen LogP contribution in [0.2, 0.25) is 20.2 Å². The molecule has 0 N–H and O–H groups in total. The number of nitrogens with zero attached hydrogens (tertiary/aromatic N) is 4. The van der Waals surface area contributed by atoms with Crippen molar-refractivity contribution in [1.82, 2.24) is 19.3 Å². The van der Waals surface area contributed by atoms with Gasteiger partial charge in [0.05, 0.1) is 30.9 Å². The maximum Gasteiger partial charge on any atom is 0.138 e. The SMILES string of the molecule is Cc1nn(-c2cccc(Cl)c2)c(Cl)c1COC(Cn1ccnc1)c1ccc(Cl)cc1Cl. The fraction of sp³-hybridized carbons (Fsp3) is 0.182. The van der Waals surface area contributed by atoms with Crippen LogP contribution in [0, 0.1) is 6.92 Å². The number of rotatable bonds is 7. The molecule has 2 aromatic carbocycles. The first-order valence-electron chi connectivity index (χ1n) is 9.44. The summed E-state index contributed by atoms with van der Waals surface area (Å²) in [7, 11) is 0. The van der Waals surface area contributed by atoms with E-state index in [0.717, 1.165) is 22.5 Å². The van der Waals surface area contributed by atoms with Crippen LogP contribution in [0.1, 0.15) is 22.9 Å². The molecule has 2 aromatic heterocycles. The summed E-state index contributed by atoms with van der Waals surface area (Å²) >= 11 is 25.3. The van der Waals surface area contributed by atoms with Crippen LogP contribution in [0.3, 0.4) is 0 Å². The molecule has 0 fully saturated rings. The van der Waals surface area contributed by atoms with Crippen molar-refractivity contribution >= 4 is 46.4 Å². The van der Waals surface area contributed by atoms with Crippen molar-refractivity contribution in [2.75, 3.05) is 0 Å². The zero-order valence-corrected chi connectivity index (χ0v) is 19.5. The van der Waals surface area contributed by atoms with Crippen molar-refractivity contribution in [1.29, 1.82) is 0 Å². The monoisotopic (exact) mass is 494 g/mol. The lowest BCUT2D eigenvalue weighted by Crippen LogP contribution is -2.13. The van der Waals surface area contributed by atoms with Gasteiger partial charge in [0, 0.05) is 38.6 Å². The number of halogens is 4. The molecule has 0 saturated heterocycles. The molecule has 0 aliphatic rings. The highest BCUT2D eigenvalue weighted by atomic mass is 35.5. The molecule has 4 aromatic rings. The maximum absolute atomic E-state index is 6.66. The van der Waals surface area contributed by atoms with Crippen LogP contribution in [-0.2, 0) is 17.9 Å². The Kier molecular flexibility index (Phi) is 6.89. The lowest BCUT2D eigenvalue weighted by atomic mass is 10.1. The Morgan fingerprint density at radius 2 is 1.84 bits per heavy atom. The predicted octanol–water partition coefficient (Wildman–Crippen LogP) is 6.95. The zero-order valence-electron chi connectivity index (χ0n) is 16.5. The molecule has 4 rings (SSSR count). The molecular weight excluding hydrogens is 478 g/mol. The Hall–Kier alpha value is -2.02. The average Bonchev–Trinajstić information content (AvgIpc) is 3.34. The van der Waals surface area contributed by atoms with E-state index in [1.54, 1.807) is 41.5 Å². The Labute approximate surface area is 200 Å². The highest BCUT2D eigenvalue weighted by Gasteiger charge is 2.21. The van der Waals surface area contributed by atoms with Gasteiger partial charge in [-0.2, -0.15) is 5.10 Å². The van der Waals surface area contributed by atoms with Gasteiger partial charge in [-0.25, -0.2) is 9.67 Å². The normalized spacial score (nSPS) is 12.3. The molecule has 0 radical (unpaired) electrons. The van der Waals surface area contributed by atoms with Gasteiger partial charge in [0.2, 0.25) is 0 Å². The van der Waals surface area contributed by atoms with Gasteiger partial charge < -0.3 is 9.30 Å². The Balaban J connectivity index is 1.61. The van der Waals surface area contributed by atoms with Gasteiger partial charge in [-0.1, -0.05) is 58.5 Å². The van der Waals surface area contributed by atoms with Gasteiger partial charge in [-0.3, -0.25) is 0 Å². The number of benzene rings is 2. The standard InChI is InChI=1S/C22H18Cl4N4O/c1-14-19(22(26)30(28-14)17-4-2-3-15(23)9-17)12-31-21(11-29-8-7-27-13-29)18-6-5-16(24)10-20(18)25/h2-10,13,21H,11-12H2,1H3. The Morgan fingerprint density at radius 1 is 1.03 bits per heavy atom. The number of aryl methyl sites for hydroxylation is 1. The third-order valence-electron chi connectivity index (χ3n) is 4.85. The Morgan fingerprint density at radius 3 is 2.55 bits per heavy atom. The molecule has 5 nitrogen and oxygen atoms in total. The summed E-state index contributed by atoms with van der Waals surface area (Å²) in [5.41, 5.74) is 3.18. The van der Waals surface area contributed by atoms with E-state index < -0.39 is 0 Å². The minimum Gasteiger partial charge on any atom is -0.367 e. The molecule has 1 atom stereocenters. The van der Waals surface area contributed by atoms with Gasteiger partial charge >= 0.3 is 0 Å². The van der Waals surface area contributed by atoms with E-state index in [0.29, 0.717) is 26.8 Å². The van der Waals surface area contributed by atoms with Crippen LogP contribution >= 0.6 is 46.4 Å². The second kappa shape index (κ2) is 9.63. The summed E-state index contributed by atoms with van der Waals surface area (Å²) in [6.07, 6.45) is 4.98. The van der Waals surface area contributed by atoms with Gasteiger partial charge in [0.15, 0.2) is 0 Å². The summed E-state index contributed by atoms with van der Waals surface area (Å²) in [4.78, 5) is 4.10. The minimum atomic E-state index is -0.344. The molecule has 1 unspecified atom stereocenters. The molecule has 0 aliphatic heterocycles. The summed E-state index contributed by atoms with van der Waals surface area (Å²) in [5.74, 6) is 0. The van der Waals surface area contributed by atoms with Crippen LogP contribution in [0.4, 0.5) is 0 Å². The summed E-state index contributed by atoms with van der Waals surface area (Å²) in [6, 6.07) is 12.7. The van der Waals surface area contributed by atoms with E-state index in [1.807, 2.05) is 35.9 Å². The van der Waals surface area contributed by atoms with E-state index in [-0.39, 0.29) is 12.7 Å². The first-order chi connectivity index (χ1) is 14.9. The van der Waals surface area contributed by atoms with Crippen molar-refractivity contribution in [3.8, 4) is 5.69 Å². The topological polar surface area (TPSA) is 44.9 Å². The highest BCUT2D eigenvalue weighted by molar-refractivity contribution is 6.35. The molecule has 0 spiro atoms. The second-order valence-electron chi connectivity index (χ2n) is 6.97. The predicted molar refractivity (Wildman–Crippen MR) is 125 cm³/mol. The minimum absolute atomic E-state index is 0.254. The third-order valence-corrected chi connectivity index (χ3v) is 6.03. The third kappa shape index (κ3) is 5.08. The van der Waals surface area contributed by atoms with Crippen molar-refractivity contribution in [2.24, 2.45) is 0 Å². The second-order valence-corrected chi connectivity index (χ2v) is 8.61. The van der Waals surface area contributed by atoms with Gasteiger partial charge in [-0.15, -0.1) is 0 Å². The van der Waals surface area contributed by atoms with Gasteiger partial charge in [0.25, 0.3) is 0 Å². The largest absolute Gasteiger partial charge is 0.367 e. The fourth-order valence-electron chi connectivity index (χ4n) is 3.25. The molecular formula is C22H18Cl4N4O. The van der Waals surface area contributed by atoms with E-state index in [4.69, 9.17) is 51.1 Å². The zero-order chi connectivity index (χ0) is 22.0. The fourth-order valence-corrected chi connectivity index (χ4v) is 4.29. The van der Waals surface area contributed by atoms with E-state index in [9.17, 15) is 0 Å². The first kappa shape index (κ1) is 22.2. The lowest BCUT2D eigenvalue weighted by molar-refractivity contribution is 0.0278. The van der Waals surface area contributed by atoms with Gasteiger partial charge in [-0.05, 0) is 37.3 Å². The van der Waals surface area contributed by atoms with Crippen LogP contribution in [0.15, 0.2) is 61.2 Å². The van der Waals surface area contributed by atoms with Crippen molar-refractivity contribution in [2.45, 2.75) is 26.2 Å². The van der Waals surface area contributed by atoms with E-state index >= 15 is 0 Å². The highest BCUT2D eigenvalue weighted by Crippen LogP contribution is 2.32. The van der Waals surface area contributed by atoms with Crippen molar-refractivity contribution in [3.63, 3.8) is 0 Å². The lowest BCUT2D eigenvalue weighted by Gasteiger charge is -2.20. The number of ether oxygens (including phenoxy) is 1. The van der Waals surface area contributed by atoms with Crippen LogP contribution in [-0.4, -0.2) is 19.3 Å². The number of imidazole rings is 1. The molecule has 2 heterocycles. The molecule has 0 saturated carbocycles. The van der Waals surface area contributed by atoms with Gasteiger partial charge in [0.1, 0.15) is 11.3 Å². The van der Waals surface area contributed by atoms with Crippen LogP contribution < -0.4 is 0 Å². The molecule has 0 aliphatic carbocycles. The maximum atomic E-state index is 6.66.